The van der Waals surface area contributed by atoms with Gasteiger partial charge in [-0.3, -0.25) is 14.7 Å². The molecule has 1 fully saturated rings. The summed E-state index contributed by atoms with van der Waals surface area (Å²) in [6.07, 6.45) is -1.49. The number of hydrogen-bond acceptors (Lipinski definition) is 3. The number of aromatic nitrogens is 2. The van der Waals surface area contributed by atoms with Gasteiger partial charge in [-0.25, -0.2) is 0 Å². The molecule has 0 aliphatic carbocycles. The Labute approximate surface area is 118 Å². The van der Waals surface area contributed by atoms with E-state index in [-0.39, 0.29) is 19.0 Å². The van der Waals surface area contributed by atoms with Gasteiger partial charge in [0.25, 0.3) is 0 Å². The van der Waals surface area contributed by atoms with Gasteiger partial charge in [-0.1, -0.05) is 0 Å². The van der Waals surface area contributed by atoms with E-state index in [1.807, 2.05) is 0 Å². The predicted molar refractivity (Wildman–Crippen MR) is 65.9 cm³/mol. The number of hydrogen-bond donors (Lipinski definition) is 2. The van der Waals surface area contributed by atoms with Gasteiger partial charge in [-0.15, -0.1) is 0 Å². The average molecular weight is 304 g/mol. The summed E-state index contributed by atoms with van der Waals surface area (Å²) in [5, 5.41) is 9.02. The molecule has 1 aromatic rings. The van der Waals surface area contributed by atoms with Crippen LogP contribution in [0, 0.1) is 5.92 Å². The first kappa shape index (κ1) is 15.3. The first-order valence-corrected chi connectivity index (χ1v) is 6.40. The highest BCUT2D eigenvalue weighted by molar-refractivity contribution is 5.89. The van der Waals surface area contributed by atoms with Gasteiger partial charge in [0.1, 0.15) is 6.54 Å². The zero-order valence-electron chi connectivity index (χ0n) is 11.3. The third-order valence-corrected chi connectivity index (χ3v) is 3.33. The van der Waals surface area contributed by atoms with Gasteiger partial charge in [0.2, 0.25) is 11.8 Å². The summed E-state index contributed by atoms with van der Waals surface area (Å²) < 4.78 is 36.9. The zero-order valence-corrected chi connectivity index (χ0v) is 11.3. The molecule has 2 atom stereocenters. The molecule has 0 aromatic carbocycles. The summed E-state index contributed by atoms with van der Waals surface area (Å²) in [6, 6.07) is -0.331. The quantitative estimate of drug-likeness (QED) is 0.871. The number of nitrogens with zero attached hydrogens (tertiary/aromatic N) is 2. The second-order valence-electron chi connectivity index (χ2n) is 5.05. The van der Waals surface area contributed by atoms with Crippen molar-refractivity contribution in [1.82, 2.24) is 20.4 Å². The highest BCUT2D eigenvalue weighted by Gasteiger charge is 2.40. The maximum absolute atomic E-state index is 12.3. The van der Waals surface area contributed by atoms with Crippen molar-refractivity contribution in [3.63, 3.8) is 0 Å². The lowest BCUT2D eigenvalue weighted by molar-refractivity contribution is -0.157. The lowest BCUT2D eigenvalue weighted by atomic mass is 10.1. The van der Waals surface area contributed by atoms with Crippen LogP contribution in [0.15, 0.2) is 12.4 Å². The number of amides is 2. The Balaban J connectivity index is 1.91. The number of carbonyl (C=O) groups is 2. The third-order valence-electron chi connectivity index (χ3n) is 3.33. The third kappa shape index (κ3) is 3.96. The van der Waals surface area contributed by atoms with Crippen molar-refractivity contribution in [1.29, 1.82) is 0 Å². The number of nitrogens with one attached hydrogen (secondary N) is 2. The molecule has 2 N–H and O–H groups in total. The minimum absolute atomic E-state index is 0.194. The molecule has 2 rings (SSSR count). The van der Waals surface area contributed by atoms with E-state index in [1.165, 1.54) is 0 Å². The first-order chi connectivity index (χ1) is 9.76. The minimum atomic E-state index is -4.45. The summed E-state index contributed by atoms with van der Waals surface area (Å²) in [7, 11) is 0. The molecule has 0 radical (unpaired) electrons. The van der Waals surface area contributed by atoms with Crippen LogP contribution in [0.3, 0.4) is 0 Å². The Morgan fingerprint density at radius 1 is 1.62 bits per heavy atom. The van der Waals surface area contributed by atoms with Crippen molar-refractivity contribution in [3.8, 4) is 0 Å². The summed E-state index contributed by atoms with van der Waals surface area (Å²) >= 11 is 0. The van der Waals surface area contributed by atoms with E-state index in [9.17, 15) is 22.8 Å². The Morgan fingerprint density at radius 2 is 2.33 bits per heavy atom. The lowest BCUT2D eigenvalue weighted by Crippen LogP contribution is -2.37. The van der Waals surface area contributed by atoms with Gasteiger partial charge in [-0.05, 0) is 6.92 Å². The van der Waals surface area contributed by atoms with Crippen molar-refractivity contribution >= 4 is 11.8 Å². The van der Waals surface area contributed by atoms with E-state index >= 15 is 0 Å². The van der Waals surface area contributed by atoms with E-state index in [1.54, 1.807) is 19.3 Å². The molecule has 2 heterocycles. The van der Waals surface area contributed by atoms with Crippen LogP contribution in [0.2, 0.25) is 0 Å². The van der Waals surface area contributed by atoms with Crippen molar-refractivity contribution < 1.29 is 22.8 Å². The maximum Gasteiger partial charge on any atom is 0.406 e. The smallest absolute Gasteiger partial charge is 0.349 e. The van der Waals surface area contributed by atoms with Gasteiger partial charge in [0.15, 0.2) is 0 Å². The standard InChI is InChI=1S/C12H15F3N4O2/c1-7(9-3-16-17-4-9)18-11(21)8-2-10(20)19(5-8)6-12(13,14)15/h3-4,7-8H,2,5-6H2,1H3,(H,16,17)(H,18,21). The lowest BCUT2D eigenvalue weighted by Gasteiger charge is -2.19. The van der Waals surface area contributed by atoms with E-state index in [2.05, 4.69) is 15.5 Å². The molecule has 0 saturated carbocycles. The van der Waals surface area contributed by atoms with Crippen LogP contribution < -0.4 is 5.32 Å². The SMILES string of the molecule is CC(NC(=O)C1CC(=O)N(CC(F)(F)F)C1)c1cn[nH]c1. The molecule has 2 unspecified atom stereocenters. The molecule has 1 aromatic heterocycles. The normalized spacial score (nSPS) is 20.7. The molecule has 116 valence electrons. The fourth-order valence-electron chi connectivity index (χ4n) is 2.23. The van der Waals surface area contributed by atoms with Crippen LogP contribution in [0.4, 0.5) is 13.2 Å². The predicted octanol–water partition coefficient (Wildman–Crippen LogP) is 0.998. The van der Waals surface area contributed by atoms with Crippen LogP contribution in [-0.4, -0.2) is 46.2 Å². The number of carbonyl (C=O) groups excluding carboxylic acids is 2. The van der Waals surface area contributed by atoms with E-state index in [4.69, 9.17) is 0 Å². The molecule has 0 spiro atoms. The fraction of sp³-hybridized carbons (Fsp3) is 0.583. The zero-order chi connectivity index (χ0) is 15.6. The van der Waals surface area contributed by atoms with Gasteiger partial charge in [0.05, 0.1) is 18.2 Å². The molecule has 2 amide bonds. The molecule has 6 nitrogen and oxygen atoms in total. The number of halogens is 3. The van der Waals surface area contributed by atoms with Crippen molar-refractivity contribution in [2.75, 3.05) is 13.1 Å². The van der Waals surface area contributed by atoms with Crippen LogP contribution in [0.25, 0.3) is 0 Å². The van der Waals surface area contributed by atoms with Crippen molar-refractivity contribution in [2.24, 2.45) is 5.92 Å². The monoisotopic (exact) mass is 304 g/mol. The number of likely N-dealkylation sites (tertiary alicyclic amines) is 1. The van der Waals surface area contributed by atoms with Gasteiger partial charge in [0, 0.05) is 24.7 Å². The summed E-state index contributed by atoms with van der Waals surface area (Å²) in [5.74, 6) is -1.83. The Morgan fingerprint density at radius 3 is 2.90 bits per heavy atom. The fourth-order valence-corrected chi connectivity index (χ4v) is 2.23. The first-order valence-electron chi connectivity index (χ1n) is 6.40. The largest absolute Gasteiger partial charge is 0.406 e. The molecule has 21 heavy (non-hydrogen) atoms. The average Bonchev–Trinajstić information content (AvgIpc) is 2.98. The summed E-state index contributed by atoms with van der Waals surface area (Å²) in [5.41, 5.74) is 0.750. The summed E-state index contributed by atoms with van der Waals surface area (Å²) in [4.78, 5) is 24.2. The van der Waals surface area contributed by atoms with Crippen LogP contribution in [0.1, 0.15) is 24.9 Å². The van der Waals surface area contributed by atoms with Gasteiger partial charge < -0.3 is 10.2 Å². The Bertz CT molecular complexity index is 515. The molecule has 1 aliphatic heterocycles. The molecule has 1 aliphatic rings. The van der Waals surface area contributed by atoms with Crippen LogP contribution in [0.5, 0.6) is 0 Å². The Kier molecular flexibility index (Phi) is 4.19. The molecular formula is C12H15F3N4O2. The van der Waals surface area contributed by atoms with Crippen molar-refractivity contribution in [3.05, 3.63) is 18.0 Å². The molecule has 9 heteroatoms. The number of alkyl halides is 3. The highest BCUT2D eigenvalue weighted by Crippen LogP contribution is 2.24. The molecular weight excluding hydrogens is 289 g/mol. The second-order valence-corrected chi connectivity index (χ2v) is 5.05. The number of H-pyrrole nitrogens is 1. The van der Waals surface area contributed by atoms with Crippen LogP contribution in [-0.2, 0) is 9.59 Å². The van der Waals surface area contributed by atoms with Crippen molar-refractivity contribution in [2.45, 2.75) is 25.6 Å². The minimum Gasteiger partial charge on any atom is -0.349 e. The molecule has 0 bridgehead atoms. The van der Waals surface area contributed by atoms with Crippen LogP contribution >= 0.6 is 0 Å². The maximum atomic E-state index is 12.3. The van der Waals surface area contributed by atoms with Gasteiger partial charge in [-0.2, -0.15) is 18.3 Å². The van der Waals surface area contributed by atoms with E-state index < -0.39 is 30.5 Å². The van der Waals surface area contributed by atoms with E-state index in [0.29, 0.717) is 4.90 Å². The topological polar surface area (TPSA) is 78.1 Å². The van der Waals surface area contributed by atoms with E-state index in [0.717, 1.165) is 5.56 Å². The summed E-state index contributed by atoms with van der Waals surface area (Å²) in [6.45, 7) is 0.211. The van der Waals surface area contributed by atoms with Gasteiger partial charge >= 0.3 is 6.18 Å². The number of rotatable bonds is 4. The second kappa shape index (κ2) is 5.74. The molecule has 1 saturated heterocycles. The Hall–Kier alpha value is -2.06. The highest BCUT2D eigenvalue weighted by atomic mass is 19.4. The number of aromatic amines is 1.